The van der Waals surface area contributed by atoms with Crippen LogP contribution in [-0.2, 0) is 11.3 Å². The molecule has 0 bridgehead atoms. The number of para-hydroxylation sites is 1. The zero-order chi connectivity index (χ0) is 18.1. The Balaban J connectivity index is 1.54. The molecule has 2 aromatic carbocycles. The van der Waals surface area contributed by atoms with Gasteiger partial charge in [-0.3, -0.25) is 9.59 Å². The van der Waals surface area contributed by atoms with Crippen LogP contribution in [0.25, 0.3) is 21.8 Å². The number of benzene rings is 2. The highest BCUT2D eigenvalue weighted by atomic mass is 32.2. The Morgan fingerprint density at radius 2 is 1.96 bits per heavy atom. The summed E-state index contributed by atoms with van der Waals surface area (Å²) >= 11 is 1.32. The van der Waals surface area contributed by atoms with Crippen molar-refractivity contribution in [2.45, 2.75) is 19.9 Å². The van der Waals surface area contributed by atoms with Crippen LogP contribution in [0.15, 0.2) is 42.5 Å². The molecule has 6 heteroatoms. The molecule has 0 atom stereocenters. The SMILES string of the molecule is CCn1c2ccccc2c2cc(NC(=O)CCN3CCSC3=O)ccc21. The van der Waals surface area contributed by atoms with Gasteiger partial charge in [0.2, 0.25) is 5.91 Å². The molecule has 1 saturated heterocycles. The van der Waals surface area contributed by atoms with Gasteiger partial charge in [-0.05, 0) is 31.2 Å². The number of nitrogens with one attached hydrogen (secondary N) is 1. The van der Waals surface area contributed by atoms with Gasteiger partial charge in [0.25, 0.3) is 5.24 Å². The fraction of sp³-hybridized carbons (Fsp3) is 0.300. The third kappa shape index (κ3) is 3.05. The minimum absolute atomic E-state index is 0.0618. The average Bonchev–Trinajstić information content (AvgIpc) is 3.20. The number of fused-ring (bicyclic) bond motifs is 3. The lowest BCUT2D eigenvalue weighted by atomic mass is 10.1. The summed E-state index contributed by atoms with van der Waals surface area (Å²) in [6.45, 7) is 4.26. The Morgan fingerprint density at radius 1 is 1.15 bits per heavy atom. The molecule has 0 spiro atoms. The summed E-state index contributed by atoms with van der Waals surface area (Å²) in [6.07, 6.45) is 0.320. The minimum atomic E-state index is -0.0618. The van der Waals surface area contributed by atoms with Crippen LogP contribution in [0.5, 0.6) is 0 Å². The number of hydrogen-bond acceptors (Lipinski definition) is 3. The molecule has 0 unspecified atom stereocenters. The minimum Gasteiger partial charge on any atom is -0.341 e. The molecule has 1 N–H and O–H groups in total. The number of anilines is 1. The van der Waals surface area contributed by atoms with Crippen molar-refractivity contribution in [1.82, 2.24) is 9.47 Å². The Hall–Kier alpha value is -2.47. The lowest BCUT2D eigenvalue weighted by Crippen LogP contribution is -2.27. The molecule has 0 aliphatic carbocycles. The first-order valence-electron chi connectivity index (χ1n) is 8.90. The van der Waals surface area contributed by atoms with E-state index in [0.717, 1.165) is 29.9 Å². The quantitative estimate of drug-likeness (QED) is 0.731. The van der Waals surface area contributed by atoms with Gasteiger partial charge < -0.3 is 14.8 Å². The highest BCUT2D eigenvalue weighted by molar-refractivity contribution is 8.13. The van der Waals surface area contributed by atoms with Crippen molar-refractivity contribution in [2.75, 3.05) is 24.2 Å². The topological polar surface area (TPSA) is 54.3 Å². The van der Waals surface area contributed by atoms with Gasteiger partial charge in [-0.2, -0.15) is 0 Å². The first-order valence-corrected chi connectivity index (χ1v) is 9.88. The monoisotopic (exact) mass is 367 g/mol. The van der Waals surface area contributed by atoms with Crippen molar-refractivity contribution < 1.29 is 9.59 Å². The third-order valence-corrected chi connectivity index (χ3v) is 5.72. The molecule has 26 heavy (non-hydrogen) atoms. The van der Waals surface area contributed by atoms with Crippen LogP contribution in [0.2, 0.25) is 0 Å². The number of carbonyl (C=O) groups is 2. The number of amides is 2. The maximum atomic E-state index is 12.3. The molecule has 0 saturated carbocycles. The zero-order valence-electron chi connectivity index (χ0n) is 14.7. The number of aryl methyl sites for hydroxylation is 1. The Kier molecular flexibility index (Phi) is 4.59. The second-order valence-corrected chi connectivity index (χ2v) is 7.44. The largest absolute Gasteiger partial charge is 0.341 e. The van der Waals surface area contributed by atoms with E-state index in [1.165, 1.54) is 28.2 Å². The molecular formula is C20H21N3O2S. The van der Waals surface area contributed by atoms with Crippen molar-refractivity contribution in [3.63, 3.8) is 0 Å². The first-order chi connectivity index (χ1) is 12.7. The highest BCUT2D eigenvalue weighted by Gasteiger charge is 2.21. The van der Waals surface area contributed by atoms with E-state index in [4.69, 9.17) is 0 Å². The fourth-order valence-corrected chi connectivity index (χ4v) is 4.41. The highest BCUT2D eigenvalue weighted by Crippen LogP contribution is 2.31. The van der Waals surface area contributed by atoms with Crippen molar-refractivity contribution in [2.24, 2.45) is 0 Å². The lowest BCUT2D eigenvalue weighted by Gasteiger charge is -2.14. The zero-order valence-corrected chi connectivity index (χ0v) is 15.5. The first kappa shape index (κ1) is 17.0. The maximum absolute atomic E-state index is 12.3. The molecule has 1 aliphatic heterocycles. The molecule has 1 aliphatic rings. The molecule has 0 radical (unpaired) electrons. The fourth-order valence-electron chi connectivity index (χ4n) is 3.56. The Bertz CT molecular complexity index is 995. The van der Waals surface area contributed by atoms with Crippen molar-refractivity contribution in [1.29, 1.82) is 0 Å². The summed E-state index contributed by atoms with van der Waals surface area (Å²) in [5, 5.41) is 5.39. The summed E-state index contributed by atoms with van der Waals surface area (Å²) in [5.74, 6) is 0.756. The molecule has 3 aromatic rings. The summed E-state index contributed by atoms with van der Waals surface area (Å²) in [4.78, 5) is 25.6. The van der Waals surface area contributed by atoms with Gasteiger partial charge >= 0.3 is 0 Å². The molecule has 1 aromatic heterocycles. The van der Waals surface area contributed by atoms with Crippen LogP contribution >= 0.6 is 11.8 Å². The maximum Gasteiger partial charge on any atom is 0.281 e. The van der Waals surface area contributed by atoms with E-state index >= 15 is 0 Å². The van der Waals surface area contributed by atoms with Gasteiger partial charge in [0.05, 0.1) is 0 Å². The number of aromatic nitrogens is 1. The van der Waals surface area contributed by atoms with E-state index < -0.39 is 0 Å². The smallest absolute Gasteiger partial charge is 0.281 e. The summed E-state index contributed by atoms with van der Waals surface area (Å²) in [6, 6.07) is 14.4. The summed E-state index contributed by atoms with van der Waals surface area (Å²) < 4.78 is 2.28. The van der Waals surface area contributed by atoms with Gasteiger partial charge in [-0.25, -0.2) is 0 Å². The van der Waals surface area contributed by atoms with E-state index in [-0.39, 0.29) is 11.1 Å². The van der Waals surface area contributed by atoms with E-state index in [2.05, 4.69) is 35.0 Å². The van der Waals surface area contributed by atoms with Crippen LogP contribution in [0.3, 0.4) is 0 Å². The standard InChI is InChI=1S/C20H21N3O2S/c1-2-23-17-6-4-3-5-15(17)16-13-14(7-8-18(16)23)21-19(24)9-10-22-11-12-26-20(22)25/h3-8,13H,2,9-12H2,1H3,(H,21,24). The van der Waals surface area contributed by atoms with Crippen LogP contribution in [-0.4, -0.2) is 39.5 Å². The van der Waals surface area contributed by atoms with E-state index in [1.807, 2.05) is 24.3 Å². The second-order valence-electron chi connectivity index (χ2n) is 6.39. The number of carbonyl (C=O) groups excluding carboxylic acids is 2. The summed E-state index contributed by atoms with van der Waals surface area (Å²) in [5.41, 5.74) is 3.17. The van der Waals surface area contributed by atoms with Gasteiger partial charge in [0.15, 0.2) is 0 Å². The molecule has 5 nitrogen and oxygen atoms in total. The molecule has 134 valence electrons. The predicted octanol–water partition coefficient (Wildman–Crippen LogP) is 4.31. The Morgan fingerprint density at radius 3 is 2.73 bits per heavy atom. The van der Waals surface area contributed by atoms with E-state index in [9.17, 15) is 9.59 Å². The third-order valence-electron chi connectivity index (χ3n) is 4.83. The molecular weight excluding hydrogens is 346 g/mol. The van der Waals surface area contributed by atoms with Gasteiger partial charge in [0, 0.05) is 59.3 Å². The average molecular weight is 367 g/mol. The van der Waals surface area contributed by atoms with Crippen molar-refractivity contribution in [3.05, 3.63) is 42.5 Å². The van der Waals surface area contributed by atoms with E-state index in [1.54, 1.807) is 4.90 Å². The van der Waals surface area contributed by atoms with Crippen LogP contribution < -0.4 is 5.32 Å². The number of hydrogen-bond donors (Lipinski definition) is 1. The molecule has 4 rings (SSSR count). The van der Waals surface area contributed by atoms with Gasteiger partial charge in [-0.1, -0.05) is 30.0 Å². The van der Waals surface area contributed by atoms with Crippen LogP contribution in [0.1, 0.15) is 13.3 Å². The van der Waals surface area contributed by atoms with Crippen molar-refractivity contribution in [3.8, 4) is 0 Å². The lowest BCUT2D eigenvalue weighted by molar-refractivity contribution is -0.116. The normalized spacial score (nSPS) is 14.5. The van der Waals surface area contributed by atoms with Crippen molar-refractivity contribution >= 4 is 50.4 Å². The number of rotatable bonds is 5. The van der Waals surface area contributed by atoms with E-state index in [0.29, 0.717) is 13.0 Å². The predicted molar refractivity (Wildman–Crippen MR) is 108 cm³/mol. The summed E-state index contributed by atoms with van der Waals surface area (Å²) in [7, 11) is 0. The molecule has 2 heterocycles. The van der Waals surface area contributed by atoms with Crippen LogP contribution in [0.4, 0.5) is 10.5 Å². The Labute approximate surface area is 156 Å². The number of nitrogens with zero attached hydrogens (tertiary/aromatic N) is 2. The number of thioether (sulfide) groups is 1. The van der Waals surface area contributed by atoms with Gasteiger partial charge in [-0.15, -0.1) is 0 Å². The van der Waals surface area contributed by atoms with Crippen LogP contribution in [0, 0.1) is 0 Å². The molecule has 1 fully saturated rings. The second kappa shape index (κ2) is 7.03. The molecule has 2 amide bonds. The van der Waals surface area contributed by atoms with Gasteiger partial charge in [0.1, 0.15) is 0 Å².